The van der Waals surface area contributed by atoms with Gasteiger partial charge in [0.25, 0.3) is 5.91 Å². The highest BCUT2D eigenvalue weighted by Gasteiger charge is 2.15. The highest BCUT2D eigenvalue weighted by atomic mass is 16.2. The van der Waals surface area contributed by atoms with Crippen molar-refractivity contribution in [1.82, 2.24) is 15.3 Å². The molecule has 0 unspecified atom stereocenters. The van der Waals surface area contributed by atoms with Gasteiger partial charge in [-0.05, 0) is 41.5 Å². The second-order valence-electron chi connectivity index (χ2n) is 7.06. The summed E-state index contributed by atoms with van der Waals surface area (Å²) in [5.74, 6) is -0.142. The standard InChI is InChI=1S/C24H22N4O2/c1-25-24(30)17-8-6-7-16(11-17)18-12-21-19(15-27-23(21)26-14-18)13-22(29)28(2)20-9-4-3-5-10-20/h3-12,14-15H,13H2,1-2H3,(H,25,30)(H,26,27). The van der Waals surface area contributed by atoms with Gasteiger partial charge in [-0.25, -0.2) is 4.98 Å². The van der Waals surface area contributed by atoms with Crippen LogP contribution in [0.4, 0.5) is 5.69 Å². The summed E-state index contributed by atoms with van der Waals surface area (Å²) in [4.78, 5) is 34.1. The average Bonchev–Trinajstić information content (AvgIpc) is 3.20. The van der Waals surface area contributed by atoms with Crippen LogP contribution in [-0.2, 0) is 11.2 Å². The molecular weight excluding hydrogens is 376 g/mol. The minimum atomic E-state index is -0.136. The number of anilines is 1. The van der Waals surface area contributed by atoms with Gasteiger partial charge in [-0.1, -0.05) is 30.3 Å². The number of aromatic nitrogens is 2. The maximum atomic E-state index is 12.8. The van der Waals surface area contributed by atoms with Crippen LogP contribution in [0.15, 0.2) is 73.1 Å². The first-order valence-corrected chi connectivity index (χ1v) is 9.67. The molecule has 0 saturated heterocycles. The van der Waals surface area contributed by atoms with Crippen LogP contribution < -0.4 is 10.2 Å². The minimum Gasteiger partial charge on any atom is -0.355 e. The average molecular weight is 398 g/mol. The van der Waals surface area contributed by atoms with E-state index >= 15 is 0 Å². The molecule has 30 heavy (non-hydrogen) atoms. The Labute approximate surface area is 174 Å². The van der Waals surface area contributed by atoms with E-state index in [1.165, 1.54) is 0 Å². The number of carbonyl (C=O) groups excluding carboxylic acids is 2. The molecule has 0 aliphatic rings. The number of H-pyrrole nitrogens is 1. The molecule has 2 heterocycles. The largest absolute Gasteiger partial charge is 0.355 e. The zero-order chi connectivity index (χ0) is 21.1. The first-order valence-electron chi connectivity index (χ1n) is 9.67. The number of nitrogens with one attached hydrogen (secondary N) is 2. The second kappa shape index (κ2) is 8.21. The van der Waals surface area contributed by atoms with Crippen LogP contribution in [-0.4, -0.2) is 35.9 Å². The number of amides is 2. The monoisotopic (exact) mass is 398 g/mol. The number of likely N-dealkylation sites (N-methyl/N-ethyl adjacent to an activating group) is 1. The van der Waals surface area contributed by atoms with Crippen molar-refractivity contribution in [3.63, 3.8) is 0 Å². The van der Waals surface area contributed by atoms with Gasteiger partial charge in [-0.2, -0.15) is 0 Å². The maximum absolute atomic E-state index is 12.8. The molecule has 2 N–H and O–H groups in total. The summed E-state index contributed by atoms with van der Waals surface area (Å²) in [6.45, 7) is 0. The van der Waals surface area contributed by atoms with E-state index in [-0.39, 0.29) is 18.2 Å². The van der Waals surface area contributed by atoms with Crippen molar-refractivity contribution in [1.29, 1.82) is 0 Å². The van der Waals surface area contributed by atoms with Crippen molar-refractivity contribution < 1.29 is 9.59 Å². The summed E-state index contributed by atoms with van der Waals surface area (Å²) >= 11 is 0. The van der Waals surface area contributed by atoms with E-state index in [1.54, 1.807) is 31.3 Å². The number of hydrogen-bond donors (Lipinski definition) is 2. The molecule has 4 rings (SSSR count). The lowest BCUT2D eigenvalue weighted by atomic mass is 10.0. The van der Waals surface area contributed by atoms with Crippen molar-refractivity contribution in [2.75, 3.05) is 19.0 Å². The van der Waals surface area contributed by atoms with E-state index < -0.39 is 0 Å². The summed E-state index contributed by atoms with van der Waals surface area (Å²) < 4.78 is 0. The molecule has 0 bridgehead atoms. The Morgan fingerprint density at radius 3 is 2.60 bits per heavy atom. The number of nitrogens with zero attached hydrogens (tertiary/aromatic N) is 2. The fraction of sp³-hybridized carbons (Fsp3) is 0.125. The van der Waals surface area contributed by atoms with Gasteiger partial charge in [-0.3, -0.25) is 9.59 Å². The Morgan fingerprint density at radius 2 is 1.83 bits per heavy atom. The van der Waals surface area contributed by atoms with Crippen LogP contribution in [0.5, 0.6) is 0 Å². The van der Waals surface area contributed by atoms with Gasteiger partial charge in [-0.15, -0.1) is 0 Å². The molecule has 0 aliphatic carbocycles. The zero-order valence-corrected chi connectivity index (χ0v) is 16.8. The highest BCUT2D eigenvalue weighted by Crippen LogP contribution is 2.26. The van der Waals surface area contributed by atoms with Crippen molar-refractivity contribution in [2.24, 2.45) is 0 Å². The first-order chi connectivity index (χ1) is 14.6. The van der Waals surface area contributed by atoms with Crippen LogP contribution >= 0.6 is 0 Å². The van der Waals surface area contributed by atoms with Crippen LogP contribution in [0.25, 0.3) is 22.2 Å². The molecule has 0 fully saturated rings. The lowest BCUT2D eigenvalue weighted by molar-refractivity contribution is -0.117. The number of benzene rings is 2. The number of para-hydroxylation sites is 1. The SMILES string of the molecule is CNC(=O)c1cccc(-c2cnc3[nH]cc(CC(=O)N(C)c4ccccc4)c3c2)c1. The quantitative estimate of drug-likeness (QED) is 0.537. The van der Waals surface area contributed by atoms with Crippen LogP contribution in [0.2, 0.25) is 0 Å². The molecule has 0 spiro atoms. The van der Waals surface area contributed by atoms with Gasteiger partial charge < -0.3 is 15.2 Å². The van der Waals surface area contributed by atoms with Crippen LogP contribution in [0.1, 0.15) is 15.9 Å². The Kier molecular flexibility index (Phi) is 5.30. The van der Waals surface area contributed by atoms with E-state index in [4.69, 9.17) is 0 Å². The molecule has 0 saturated carbocycles. The summed E-state index contributed by atoms with van der Waals surface area (Å²) in [5.41, 5.74) is 4.83. The Balaban J connectivity index is 1.64. The molecule has 2 amide bonds. The third-order valence-corrected chi connectivity index (χ3v) is 5.16. The lowest BCUT2D eigenvalue weighted by Crippen LogP contribution is -2.27. The van der Waals surface area contributed by atoms with Gasteiger partial charge in [0.2, 0.25) is 5.91 Å². The predicted octanol–water partition coefficient (Wildman–Crippen LogP) is 3.80. The molecule has 4 aromatic rings. The summed E-state index contributed by atoms with van der Waals surface area (Å²) in [5, 5.41) is 3.53. The fourth-order valence-electron chi connectivity index (χ4n) is 3.42. The van der Waals surface area contributed by atoms with Gasteiger partial charge in [0.05, 0.1) is 6.42 Å². The summed E-state index contributed by atoms with van der Waals surface area (Å²) in [7, 11) is 3.39. The highest BCUT2D eigenvalue weighted by molar-refractivity contribution is 5.98. The minimum absolute atomic E-state index is 0.00545. The molecule has 6 heteroatoms. The molecule has 2 aromatic carbocycles. The summed E-state index contributed by atoms with van der Waals surface area (Å²) in [6, 6.07) is 19.0. The van der Waals surface area contributed by atoms with Crippen LogP contribution in [0.3, 0.4) is 0 Å². The lowest BCUT2D eigenvalue weighted by Gasteiger charge is -2.17. The topological polar surface area (TPSA) is 78.1 Å². The third-order valence-electron chi connectivity index (χ3n) is 5.16. The second-order valence-corrected chi connectivity index (χ2v) is 7.06. The summed E-state index contributed by atoms with van der Waals surface area (Å²) in [6.07, 6.45) is 3.86. The van der Waals surface area contributed by atoms with E-state index in [0.29, 0.717) is 5.56 Å². The maximum Gasteiger partial charge on any atom is 0.251 e. The van der Waals surface area contributed by atoms with E-state index in [9.17, 15) is 9.59 Å². The molecule has 0 atom stereocenters. The number of pyridine rings is 1. The van der Waals surface area contributed by atoms with E-state index in [1.807, 2.05) is 60.8 Å². The van der Waals surface area contributed by atoms with Crippen LogP contribution in [0, 0.1) is 0 Å². The molecule has 0 radical (unpaired) electrons. The Hall–Kier alpha value is -3.93. The van der Waals surface area contributed by atoms with E-state index in [0.717, 1.165) is 33.4 Å². The van der Waals surface area contributed by atoms with Gasteiger partial charge >= 0.3 is 0 Å². The third kappa shape index (κ3) is 3.80. The van der Waals surface area contributed by atoms with Gasteiger partial charge in [0, 0.05) is 48.7 Å². The van der Waals surface area contributed by atoms with Crippen molar-refractivity contribution in [3.8, 4) is 11.1 Å². The number of hydrogen-bond acceptors (Lipinski definition) is 3. The number of fused-ring (bicyclic) bond motifs is 1. The molecule has 0 aliphatic heterocycles. The molecule has 6 nitrogen and oxygen atoms in total. The van der Waals surface area contributed by atoms with Crippen molar-refractivity contribution >= 4 is 28.5 Å². The molecule has 2 aromatic heterocycles. The number of carbonyl (C=O) groups is 2. The van der Waals surface area contributed by atoms with Gasteiger partial charge in [0.15, 0.2) is 0 Å². The normalized spacial score (nSPS) is 10.7. The predicted molar refractivity (Wildman–Crippen MR) is 118 cm³/mol. The Morgan fingerprint density at radius 1 is 1.03 bits per heavy atom. The fourth-order valence-corrected chi connectivity index (χ4v) is 3.42. The van der Waals surface area contributed by atoms with Crippen molar-refractivity contribution in [2.45, 2.75) is 6.42 Å². The molecule has 150 valence electrons. The number of rotatable bonds is 5. The Bertz CT molecular complexity index is 1210. The van der Waals surface area contributed by atoms with Gasteiger partial charge in [0.1, 0.15) is 5.65 Å². The zero-order valence-electron chi connectivity index (χ0n) is 16.8. The van der Waals surface area contributed by atoms with E-state index in [2.05, 4.69) is 15.3 Å². The smallest absolute Gasteiger partial charge is 0.251 e. The first kappa shape index (κ1) is 19.4. The van der Waals surface area contributed by atoms with Crippen molar-refractivity contribution in [3.05, 3.63) is 84.2 Å². The number of aromatic amines is 1. The molecular formula is C24H22N4O2.